The molecule has 4 aliphatic carbocycles. The fourth-order valence-electron chi connectivity index (χ4n) is 9.04. The minimum Gasteiger partial charge on any atom is -0.393 e. The highest BCUT2D eigenvalue weighted by molar-refractivity contribution is 5.79. The lowest BCUT2D eigenvalue weighted by Crippen LogP contribution is -2.58. The summed E-state index contributed by atoms with van der Waals surface area (Å²) in [6, 6.07) is 0. The Hall–Kier alpha value is -0.370. The third-order valence-electron chi connectivity index (χ3n) is 10.7. The van der Waals surface area contributed by atoms with Crippen molar-refractivity contribution in [3.05, 3.63) is 0 Å². The van der Waals surface area contributed by atoms with Crippen molar-refractivity contribution in [1.82, 2.24) is 0 Å². The monoisotopic (exact) mass is 402 g/mol. The number of hydrogen-bond acceptors (Lipinski definition) is 2. The van der Waals surface area contributed by atoms with Gasteiger partial charge in [-0.15, -0.1) is 0 Å². The lowest BCUT2D eigenvalue weighted by atomic mass is 9.44. The maximum Gasteiger partial charge on any atom is 0.133 e. The normalized spacial score (nSPS) is 48.2. The molecule has 0 aliphatic heterocycles. The zero-order valence-electron chi connectivity index (χ0n) is 19.8. The van der Waals surface area contributed by atoms with Crippen LogP contribution < -0.4 is 0 Å². The van der Waals surface area contributed by atoms with Crippen LogP contribution in [0.5, 0.6) is 0 Å². The van der Waals surface area contributed by atoms with Crippen LogP contribution in [-0.4, -0.2) is 17.0 Å². The van der Waals surface area contributed by atoms with Crippen molar-refractivity contribution >= 4 is 5.78 Å². The molecule has 0 spiro atoms. The van der Waals surface area contributed by atoms with Gasteiger partial charge in [0.05, 0.1) is 6.10 Å². The summed E-state index contributed by atoms with van der Waals surface area (Å²) >= 11 is 0. The predicted octanol–water partition coefficient (Wildman–Crippen LogP) is 6.65. The van der Waals surface area contributed by atoms with Gasteiger partial charge >= 0.3 is 0 Å². The smallest absolute Gasteiger partial charge is 0.133 e. The van der Waals surface area contributed by atoms with Crippen molar-refractivity contribution in [1.29, 1.82) is 0 Å². The van der Waals surface area contributed by atoms with Crippen molar-refractivity contribution in [3.63, 3.8) is 0 Å². The quantitative estimate of drug-likeness (QED) is 0.559. The summed E-state index contributed by atoms with van der Waals surface area (Å²) in [4.78, 5) is 12.1. The highest BCUT2D eigenvalue weighted by atomic mass is 16.3. The van der Waals surface area contributed by atoms with Crippen LogP contribution in [0.15, 0.2) is 0 Å². The number of carbonyl (C=O) groups excluding carboxylic acids is 1. The molecule has 29 heavy (non-hydrogen) atoms. The molecular formula is C27H46O2. The fraction of sp³-hybridized carbons (Fsp3) is 0.963. The predicted molar refractivity (Wildman–Crippen MR) is 119 cm³/mol. The van der Waals surface area contributed by atoms with E-state index in [9.17, 15) is 9.90 Å². The third-order valence-corrected chi connectivity index (χ3v) is 10.7. The van der Waals surface area contributed by atoms with Gasteiger partial charge < -0.3 is 5.11 Å². The molecule has 1 N–H and O–H groups in total. The Bertz CT molecular complexity index is 612. The molecule has 2 nitrogen and oxygen atoms in total. The van der Waals surface area contributed by atoms with E-state index >= 15 is 0 Å². The Balaban J connectivity index is 1.51. The highest BCUT2D eigenvalue weighted by Gasteiger charge is 2.62. The van der Waals surface area contributed by atoms with Gasteiger partial charge in [-0.1, -0.05) is 53.9 Å². The minimum absolute atomic E-state index is 0.177. The van der Waals surface area contributed by atoms with Crippen LogP contribution in [-0.2, 0) is 4.79 Å². The molecular weight excluding hydrogens is 356 g/mol. The first-order chi connectivity index (χ1) is 13.7. The lowest BCUT2D eigenvalue weighted by Gasteiger charge is -2.62. The molecule has 7 unspecified atom stereocenters. The van der Waals surface area contributed by atoms with Gasteiger partial charge in [0.2, 0.25) is 0 Å². The van der Waals surface area contributed by atoms with Gasteiger partial charge in [0, 0.05) is 12.8 Å². The number of aliphatic hydroxyl groups excluding tert-OH is 1. The topological polar surface area (TPSA) is 37.3 Å². The number of carbonyl (C=O) groups is 1. The molecule has 0 aromatic carbocycles. The third kappa shape index (κ3) is 3.64. The average molecular weight is 403 g/mol. The summed E-state index contributed by atoms with van der Waals surface area (Å²) < 4.78 is 0. The van der Waals surface area contributed by atoms with Crippen LogP contribution >= 0.6 is 0 Å². The van der Waals surface area contributed by atoms with Gasteiger partial charge in [0.1, 0.15) is 5.78 Å². The van der Waals surface area contributed by atoms with E-state index in [0.717, 1.165) is 43.4 Å². The molecule has 0 heterocycles. The molecule has 4 fully saturated rings. The van der Waals surface area contributed by atoms with Gasteiger partial charge in [-0.2, -0.15) is 0 Å². The Morgan fingerprint density at radius 1 is 1.00 bits per heavy atom. The van der Waals surface area contributed by atoms with Crippen LogP contribution in [0, 0.1) is 52.3 Å². The van der Waals surface area contributed by atoms with Crippen LogP contribution in [0.25, 0.3) is 0 Å². The molecule has 4 aliphatic rings. The zero-order chi connectivity index (χ0) is 21.0. The number of aliphatic hydroxyl groups is 1. The molecule has 0 saturated heterocycles. The molecule has 0 radical (unpaired) electrons. The second kappa shape index (κ2) is 7.95. The van der Waals surface area contributed by atoms with Gasteiger partial charge in [-0.3, -0.25) is 4.79 Å². The van der Waals surface area contributed by atoms with E-state index in [2.05, 4.69) is 34.6 Å². The lowest BCUT2D eigenvalue weighted by molar-refractivity contribution is -0.168. The first-order valence-electron chi connectivity index (χ1n) is 12.9. The van der Waals surface area contributed by atoms with E-state index in [-0.39, 0.29) is 6.10 Å². The summed E-state index contributed by atoms with van der Waals surface area (Å²) in [5.74, 6) is 5.16. The van der Waals surface area contributed by atoms with Crippen molar-refractivity contribution in [3.8, 4) is 0 Å². The standard InChI is InChI=1S/C27H46O2/c1-17(2)7-6-8-18(3)21-9-10-22-25-23(12-14-27(21,22)5)26(4)13-11-20(28)15-19(26)16-24(25)29/h17-19,21-25,29H,6-16H2,1-5H3/t18?,19?,21?,22?,23?,24?,25?,26-,27+/m0/s1. The molecule has 0 aromatic rings. The van der Waals surface area contributed by atoms with Crippen molar-refractivity contribution < 1.29 is 9.90 Å². The molecule has 0 amide bonds. The summed E-state index contributed by atoms with van der Waals surface area (Å²) in [7, 11) is 0. The van der Waals surface area contributed by atoms with E-state index in [0.29, 0.717) is 40.3 Å². The summed E-state index contributed by atoms with van der Waals surface area (Å²) in [5, 5.41) is 11.3. The molecule has 0 aromatic heterocycles. The molecule has 4 saturated carbocycles. The number of ketones is 1. The number of Topliss-reactive ketones (excluding diaryl/α,β-unsaturated/α-hetero) is 1. The van der Waals surface area contributed by atoms with E-state index in [1.165, 1.54) is 44.9 Å². The Morgan fingerprint density at radius 3 is 2.45 bits per heavy atom. The fourth-order valence-corrected chi connectivity index (χ4v) is 9.04. The highest BCUT2D eigenvalue weighted by Crippen LogP contribution is 2.68. The van der Waals surface area contributed by atoms with Crippen molar-refractivity contribution in [2.75, 3.05) is 0 Å². The molecule has 166 valence electrons. The first kappa shape index (κ1) is 21.8. The minimum atomic E-state index is -0.177. The van der Waals surface area contributed by atoms with Crippen molar-refractivity contribution in [2.45, 2.75) is 111 Å². The van der Waals surface area contributed by atoms with Gasteiger partial charge in [-0.05, 0) is 90.8 Å². The van der Waals surface area contributed by atoms with Crippen LogP contribution in [0.3, 0.4) is 0 Å². The average Bonchev–Trinajstić information content (AvgIpc) is 3.00. The maximum atomic E-state index is 12.1. The molecule has 4 rings (SSSR count). The van der Waals surface area contributed by atoms with Crippen molar-refractivity contribution in [2.24, 2.45) is 52.3 Å². The summed E-state index contributed by atoms with van der Waals surface area (Å²) in [6.07, 6.45) is 12.7. The summed E-state index contributed by atoms with van der Waals surface area (Å²) in [6.45, 7) is 12.3. The number of hydrogen-bond donors (Lipinski definition) is 1. The summed E-state index contributed by atoms with van der Waals surface area (Å²) in [5.41, 5.74) is 0.715. The number of rotatable bonds is 5. The molecule has 0 bridgehead atoms. The zero-order valence-corrected chi connectivity index (χ0v) is 19.8. The Morgan fingerprint density at radius 2 is 1.72 bits per heavy atom. The molecule has 2 heteroatoms. The molecule has 9 atom stereocenters. The number of fused-ring (bicyclic) bond motifs is 5. The second-order valence-electron chi connectivity index (χ2n) is 12.6. The van der Waals surface area contributed by atoms with Gasteiger partial charge in [0.15, 0.2) is 0 Å². The van der Waals surface area contributed by atoms with Gasteiger partial charge in [-0.25, -0.2) is 0 Å². The SMILES string of the molecule is CC(C)CCCC(C)C1CCC2C3C(O)CC4CC(=O)CC[C@]4(C)C3CC[C@]12C. The van der Waals surface area contributed by atoms with Crippen LogP contribution in [0.1, 0.15) is 105 Å². The van der Waals surface area contributed by atoms with E-state index in [1.807, 2.05) is 0 Å². The van der Waals surface area contributed by atoms with E-state index in [1.54, 1.807) is 0 Å². The first-order valence-corrected chi connectivity index (χ1v) is 12.9. The van der Waals surface area contributed by atoms with E-state index < -0.39 is 0 Å². The van der Waals surface area contributed by atoms with Crippen LogP contribution in [0.2, 0.25) is 0 Å². The second-order valence-corrected chi connectivity index (χ2v) is 12.6. The Labute approximate surface area is 179 Å². The Kier molecular flexibility index (Phi) is 5.99. The maximum absolute atomic E-state index is 12.1. The van der Waals surface area contributed by atoms with Crippen LogP contribution in [0.4, 0.5) is 0 Å². The largest absolute Gasteiger partial charge is 0.393 e. The van der Waals surface area contributed by atoms with E-state index in [4.69, 9.17) is 0 Å². The van der Waals surface area contributed by atoms with Gasteiger partial charge in [0.25, 0.3) is 0 Å².